The number of aliphatic imine (C=N–C) groups is 1. The summed E-state index contributed by atoms with van der Waals surface area (Å²) in [6, 6.07) is 7.57. The molecule has 0 aliphatic carbocycles. The van der Waals surface area contributed by atoms with E-state index in [0.717, 1.165) is 21.5 Å². The highest BCUT2D eigenvalue weighted by molar-refractivity contribution is 8.53. The van der Waals surface area contributed by atoms with Gasteiger partial charge in [-0.15, -0.1) is 6.58 Å². The average molecular weight is 256 g/mol. The Bertz CT molecular complexity index is 378. The number of hydrogen-bond donors (Lipinski definition) is 0. The van der Waals surface area contributed by atoms with E-state index in [4.69, 9.17) is 11.6 Å². The second kappa shape index (κ2) is 5.10. The van der Waals surface area contributed by atoms with Crippen LogP contribution in [-0.2, 0) is 0 Å². The first-order chi connectivity index (χ1) is 7.28. The fourth-order valence-electron chi connectivity index (χ4n) is 1.14. The summed E-state index contributed by atoms with van der Waals surface area (Å²) in [5, 5.41) is 0.748. The molecular formula is C11H10ClNS2. The third-order valence-corrected chi connectivity index (χ3v) is 4.77. The molecule has 1 heterocycles. The highest BCUT2D eigenvalue weighted by Crippen LogP contribution is 2.45. The molecule has 0 bridgehead atoms. The molecule has 4 heteroatoms. The molecule has 0 N–H and O–H groups in total. The summed E-state index contributed by atoms with van der Waals surface area (Å²) in [7, 11) is 0. The van der Waals surface area contributed by atoms with Crippen molar-refractivity contribution >= 4 is 45.2 Å². The van der Waals surface area contributed by atoms with E-state index in [9.17, 15) is 0 Å². The lowest BCUT2D eigenvalue weighted by atomic mass is 10.3. The van der Waals surface area contributed by atoms with Gasteiger partial charge in [0.05, 0.1) is 10.3 Å². The van der Waals surface area contributed by atoms with Crippen LogP contribution in [0.2, 0.25) is 5.02 Å². The Morgan fingerprint density at radius 3 is 2.60 bits per heavy atom. The molecule has 1 nitrogen and oxygen atoms in total. The first-order valence-electron chi connectivity index (χ1n) is 4.56. The minimum atomic E-state index is 0.605. The topological polar surface area (TPSA) is 12.4 Å². The van der Waals surface area contributed by atoms with E-state index in [1.165, 1.54) is 0 Å². The highest BCUT2D eigenvalue weighted by Gasteiger charge is 2.25. The van der Waals surface area contributed by atoms with E-state index in [2.05, 4.69) is 11.6 Å². The van der Waals surface area contributed by atoms with Crippen molar-refractivity contribution < 1.29 is 0 Å². The largest absolute Gasteiger partial charge is 0.235 e. The maximum absolute atomic E-state index is 5.79. The van der Waals surface area contributed by atoms with Gasteiger partial charge in [0.15, 0.2) is 0 Å². The van der Waals surface area contributed by atoms with Crippen molar-refractivity contribution in [2.75, 3.05) is 0 Å². The van der Waals surface area contributed by atoms with E-state index < -0.39 is 0 Å². The molecule has 1 aromatic carbocycles. The molecule has 0 unspecified atom stereocenters. The van der Waals surface area contributed by atoms with Crippen LogP contribution in [0.25, 0.3) is 0 Å². The molecule has 0 atom stereocenters. The Morgan fingerprint density at radius 2 is 2.00 bits per heavy atom. The zero-order chi connectivity index (χ0) is 10.7. The number of allylic oxidation sites excluding steroid dienone is 1. The van der Waals surface area contributed by atoms with Gasteiger partial charge in [-0.2, -0.15) is 0 Å². The number of rotatable bonds is 3. The Hall–Kier alpha value is -0.380. The molecule has 1 aliphatic rings. The number of halogens is 1. The lowest BCUT2D eigenvalue weighted by Gasteiger charge is -2.24. The fraction of sp³-hybridized carbons (Fsp3) is 0.182. The Kier molecular flexibility index (Phi) is 3.78. The second-order valence-electron chi connectivity index (χ2n) is 3.04. The van der Waals surface area contributed by atoms with Crippen LogP contribution in [0, 0.1) is 0 Å². The van der Waals surface area contributed by atoms with Crippen LogP contribution in [0.3, 0.4) is 0 Å². The van der Waals surface area contributed by atoms with Crippen molar-refractivity contribution in [1.29, 1.82) is 0 Å². The van der Waals surface area contributed by atoms with Crippen LogP contribution in [0.1, 0.15) is 6.42 Å². The lowest BCUT2D eigenvalue weighted by molar-refractivity contribution is 1.19. The Morgan fingerprint density at radius 1 is 1.33 bits per heavy atom. The SMILES string of the molecule is C=CCC1SC(=Nc2ccc(Cl)cc2)S1. The normalized spacial score (nSPS) is 19.5. The number of benzene rings is 1. The monoisotopic (exact) mass is 255 g/mol. The van der Waals surface area contributed by atoms with E-state index in [1.54, 1.807) is 23.5 Å². The molecule has 1 aliphatic heterocycles. The lowest BCUT2D eigenvalue weighted by Crippen LogP contribution is -2.12. The molecule has 2 rings (SSSR count). The van der Waals surface area contributed by atoms with Crippen molar-refractivity contribution in [3.63, 3.8) is 0 Å². The summed E-state index contributed by atoms with van der Waals surface area (Å²) in [5.41, 5.74) is 0.964. The third kappa shape index (κ3) is 3.03. The molecule has 1 saturated heterocycles. The van der Waals surface area contributed by atoms with E-state index in [1.807, 2.05) is 30.3 Å². The van der Waals surface area contributed by atoms with Crippen molar-refractivity contribution in [1.82, 2.24) is 0 Å². The second-order valence-corrected chi connectivity index (χ2v) is 6.42. The predicted molar refractivity (Wildman–Crippen MR) is 72.3 cm³/mol. The van der Waals surface area contributed by atoms with Crippen molar-refractivity contribution in [3.8, 4) is 0 Å². The van der Waals surface area contributed by atoms with Crippen LogP contribution in [0.5, 0.6) is 0 Å². The van der Waals surface area contributed by atoms with E-state index in [0.29, 0.717) is 4.58 Å². The first kappa shape index (κ1) is 11.1. The minimum Gasteiger partial charge on any atom is -0.235 e. The van der Waals surface area contributed by atoms with Gasteiger partial charge >= 0.3 is 0 Å². The number of nitrogens with zero attached hydrogens (tertiary/aromatic N) is 1. The van der Waals surface area contributed by atoms with Gasteiger partial charge in [0.25, 0.3) is 0 Å². The summed E-state index contributed by atoms with van der Waals surface area (Å²) >= 11 is 9.40. The fourth-order valence-corrected chi connectivity index (χ4v) is 3.47. The molecular weight excluding hydrogens is 246 g/mol. The summed E-state index contributed by atoms with van der Waals surface area (Å²) in [5.74, 6) is 0. The van der Waals surface area contributed by atoms with Crippen LogP contribution in [0.15, 0.2) is 41.9 Å². The van der Waals surface area contributed by atoms with Gasteiger partial charge < -0.3 is 0 Å². The molecule has 1 aromatic rings. The zero-order valence-electron chi connectivity index (χ0n) is 8.02. The quantitative estimate of drug-likeness (QED) is 0.726. The molecule has 0 aromatic heterocycles. The highest BCUT2D eigenvalue weighted by atomic mass is 35.5. The van der Waals surface area contributed by atoms with Gasteiger partial charge in [0, 0.05) is 5.02 Å². The molecule has 0 spiro atoms. The molecule has 78 valence electrons. The summed E-state index contributed by atoms with van der Waals surface area (Å²) in [6.07, 6.45) is 2.98. The van der Waals surface area contributed by atoms with Crippen LogP contribution in [0.4, 0.5) is 5.69 Å². The molecule has 0 saturated carbocycles. The minimum absolute atomic E-state index is 0.605. The molecule has 0 amide bonds. The van der Waals surface area contributed by atoms with Gasteiger partial charge in [-0.25, -0.2) is 4.99 Å². The summed E-state index contributed by atoms with van der Waals surface area (Å²) in [6.45, 7) is 3.72. The standard InChI is InChI=1S/C11H10ClNS2/c1-2-3-10-14-11(15-10)13-9-6-4-8(12)5-7-9/h2,4-7,10H,1,3H2. The zero-order valence-corrected chi connectivity index (χ0v) is 10.4. The van der Waals surface area contributed by atoms with Crippen molar-refractivity contribution in [3.05, 3.63) is 41.9 Å². The van der Waals surface area contributed by atoms with E-state index >= 15 is 0 Å². The smallest absolute Gasteiger partial charge is 0.132 e. The van der Waals surface area contributed by atoms with Crippen molar-refractivity contribution in [2.24, 2.45) is 4.99 Å². The maximum Gasteiger partial charge on any atom is 0.132 e. The first-order valence-corrected chi connectivity index (χ1v) is 6.70. The predicted octanol–water partition coefficient (Wildman–Crippen LogP) is 4.71. The Labute approximate surface area is 103 Å². The molecule has 1 fully saturated rings. The summed E-state index contributed by atoms with van der Waals surface area (Å²) in [4.78, 5) is 4.49. The van der Waals surface area contributed by atoms with Crippen LogP contribution < -0.4 is 0 Å². The van der Waals surface area contributed by atoms with Crippen LogP contribution in [-0.4, -0.2) is 8.96 Å². The Balaban J connectivity index is 1.95. The number of hydrogen-bond acceptors (Lipinski definition) is 3. The van der Waals surface area contributed by atoms with Crippen LogP contribution >= 0.6 is 35.1 Å². The summed E-state index contributed by atoms with van der Waals surface area (Å²) < 4.78 is 1.73. The van der Waals surface area contributed by atoms with Gasteiger partial charge in [0.2, 0.25) is 0 Å². The third-order valence-electron chi connectivity index (χ3n) is 1.87. The van der Waals surface area contributed by atoms with Gasteiger partial charge in [0.1, 0.15) is 4.38 Å². The molecule has 15 heavy (non-hydrogen) atoms. The van der Waals surface area contributed by atoms with Crippen molar-refractivity contribution in [2.45, 2.75) is 11.0 Å². The molecule has 0 radical (unpaired) electrons. The van der Waals surface area contributed by atoms with Gasteiger partial charge in [-0.05, 0) is 30.7 Å². The van der Waals surface area contributed by atoms with Gasteiger partial charge in [-0.3, -0.25) is 0 Å². The van der Waals surface area contributed by atoms with Gasteiger partial charge in [-0.1, -0.05) is 41.2 Å². The number of thioether (sulfide) groups is 2. The maximum atomic E-state index is 5.79. The average Bonchev–Trinajstić information content (AvgIpc) is 2.18. The van der Waals surface area contributed by atoms with E-state index in [-0.39, 0.29) is 0 Å².